The predicted molar refractivity (Wildman–Crippen MR) is 62.5 cm³/mol. The minimum Gasteiger partial charge on any atom is -0.294 e. The van der Waals surface area contributed by atoms with Crippen LogP contribution in [0, 0.1) is 5.41 Å². The van der Waals surface area contributed by atoms with Crippen molar-refractivity contribution in [2.45, 2.75) is 26.2 Å². The van der Waals surface area contributed by atoms with Gasteiger partial charge in [-0.3, -0.25) is 4.79 Å². The number of fused-ring (bicyclic) bond motifs is 1. The highest BCUT2D eigenvalue weighted by Crippen LogP contribution is 2.37. The zero-order valence-electron chi connectivity index (χ0n) is 8.92. The highest BCUT2D eigenvalue weighted by molar-refractivity contribution is 6.18. The Balaban J connectivity index is 2.37. The van der Waals surface area contributed by atoms with Crippen LogP contribution >= 0.6 is 11.6 Å². The first-order valence-corrected chi connectivity index (χ1v) is 5.89. The van der Waals surface area contributed by atoms with Crippen LogP contribution in [0.25, 0.3) is 0 Å². The molecular weight excluding hydrogens is 208 g/mol. The first-order valence-electron chi connectivity index (χ1n) is 5.36. The van der Waals surface area contributed by atoms with Crippen LogP contribution in [0.2, 0.25) is 0 Å². The molecule has 0 bridgehead atoms. The van der Waals surface area contributed by atoms with Crippen LogP contribution in [0.15, 0.2) is 24.3 Å². The second-order valence-electron chi connectivity index (χ2n) is 4.49. The van der Waals surface area contributed by atoms with E-state index >= 15 is 0 Å². The molecule has 0 amide bonds. The summed E-state index contributed by atoms with van der Waals surface area (Å²) < 4.78 is 0. The van der Waals surface area contributed by atoms with Gasteiger partial charge in [-0.25, -0.2) is 0 Å². The van der Waals surface area contributed by atoms with Crippen molar-refractivity contribution in [2.75, 3.05) is 5.88 Å². The van der Waals surface area contributed by atoms with Gasteiger partial charge in [-0.1, -0.05) is 31.2 Å². The maximum atomic E-state index is 12.3. The summed E-state index contributed by atoms with van der Waals surface area (Å²) in [6.07, 6.45) is 2.70. The molecule has 1 aromatic rings. The van der Waals surface area contributed by atoms with Crippen molar-refractivity contribution < 1.29 is 4.79 Å². The average Bonchev–Trinajstić information content (AvgIpc) is 2.25. The molecule has 1 atom stereocenters. The van der Waals surface area contributed by atoms with E-state index in [-0.39, 0.29) is 11.2 Å². The number of carbonyl (C=O) groups excluding carboxylic acids is 1. The van der Waals surface area contributed by atoms with Crippen LogP contribution < -0.4 is 0 Å². The Morgan fingerprint density at radius 2 is 2.13 bits per heavy atom. The van der Waals surface area contributed by atoms with E-state index in [0.717, 1.165) is 24.8 Å². The molecule has 1 nitrogen and oxygen atoms in total. The molecule has 0 heterocycles. The standard InChI is InChI=1S/C13H15ClO/c1-13(8-9-14)7-6-10-4-2-3-5-11(10)12(13)15/h2-5H,6-9H2,1H3. The largest absolute Gasteiger partial charge is 0.294 e. The van der Waals surface area contributed by atoms with Gasteiger partial charge in [-0.15, -0.1) is 11.6 Å². The summed E-state index contributed by atoms with van der Waals surface area (Å²) in [6, 6.07) is 7.91. The van der Waals surface area contributed by atoms with Gasteiger partial charge in [0.05, 0.1) is 0 Å². The number of hydrogen-bond acceptors (Lipinski definition) is 1. The fourth-order valence-electron chi connectivity index (χ4n) is 2.26. The third kappa shape index (κ3) is 1.81. The van der Waals surface area contributed by atoms with Gasteiger partial charge in [0, 0.05) is 16.9 Å². The zero-order valence-corrected chi connectivity index (χ0v) is 9.68. The maximum Gasteiger partial charge on any atom is 0.169 e. The minimum atomic E-state index is -0.240. The van der Waals surface area contributed by atoms with Gasteiger partial charge < -0.3 is 0 Å². The molecule has 0 spiro atoms. The van der Waals surface area contributed by atoms with Gasteiger partial charge in [-0.05, 0) is 24.8 Å². The lowest BCUT2D eigenvalue weighted by molar-refractivity contribution is 0.0779. The monoisotopic (exact) mass is 222 g/mol. The number of benzene rings is 1. The topological polar surface area (TPSA) is 17.1 Å². The van der Waals surface area contributed by atoms with Crippen molar-refractivity contribution in [1.29, 1.82) is 0 Å². The molecule has 0 fully saturated rings. The van der Waals surface area contributed by atoms with E-state index < -0.39 is 0 Å². The Morgan fingerprint density at radius 1 is 1.40 bits per heavy atom. The summed E-state index contributed by atoms with van der Waals surface area (Å²) in [5, 5.41) is 0. The first-order chi connectivity index (χ1) is 7.17. The first kappa shape index (κ1) is 10.7. The molecular formula is C13H15ClO. The van der Waals surface area contributed by atoms with E-state index in [0.29, 0.717) is 5.88 Å². The van der Waals surface area contributed by atoms with Crippen LogP contribution in [0.1, 0.15) is 35.7 Å². The number of ketones is 1. The molecule has 1 aliphatic carbocycles. The van der Waals surface area contributed by atoms with Crippen molar-refractivity contribution in [3.63, 3.8) is 0 Å². The van der Waals surface area contributed by atoms with E-state index in [1.54, 1.807) is 0 Å². The fraction of sp³-hybridized carbons (Fsp3) is 0.462. The molecule has 0 radical (unpaired) electrons. The van der Waals surface area contributed by atoms with Crippen molar-refractivity contribution >= 4 is 17.4 Å². The van der Waals surface area contributed by atoms with E-state index in [9.17, 15) is 4.79 Å². The van der Waals surface area contributed by atoms with Crippen molar-refractivity contribution in [3.8, 4) is 0 Å². The summed E-state index contributed by atoms with van der Waals surface area (Å²) in [5.41, 5.74) is 1.85. The van der Waals surface area contributed by atoms with E-state index in [2.05, 4.69) is 0 Å². The minimum absolute atomic E-state index is 0.240. The van der Waals surface area contributed by atoms with Gasteiger partial charge >= 0.3 is 0 Å². The highest BCUT2D eigenvalue weighted by atomic mass is 35.5. The van der Waals surface area contributed by atoms with Crippen molar-refractivity contribution in [1.82, 2.24) is 0 Å². The van der Waals surface area contributed by atoms with Crippen molar-refractivity contribution in [2.24, 2.45) is 5.41 Å². The Labute approximate surface area is 95.4 Å². The van der Waals surface area contributed by atoms with E-state index in [1.807, 2.05) is 31.2 Å². The average molecular weight is 223 g/mol. The number of aryl methyl sites for hydroxylation is 1. The molecule has 1 unspecified atom stereocenters. The fourth-order valence-corrected chi connectivity index (χ4v) is 2.67. The Morgan fingerprint density at radius 3 is 2.87 bits per heavy atom. The predicted octanol–water partition coefficient (Wildman–Crippen LogP) is 3.45. The summed E-state index contributed by atoms with van der Waals surface area (Å²) in [4.78, 5) is 12.3. The highest BCUT2D eigenvalue weighted by Gasteiger charge is 2.37. The molecule has 1 aromatic carbocycles. The summed E-state index contributed by atoms with van der Waals surface area (Å²) >= 11 is 5.76. The smallest absolute Gasteiger partial charge is 0.169 e. The second kappa shape index (κ2) is 3.97. The van der Waals surface area contributed by atoms with Crippen LogP contribution in [0.3, 0.4) is 0 Å². The molecule has 1 aliphatic rings. The lowest BCUT2D eigenvalue weighted by atomic mass is 9.70. The van der Waals surface area contributed by atoms with Gasteiger partial charge in [0.25, 0.3) is 0 Å². The van der Waals surface area contributed by atoms with Gasteiger partial charge in [0.1, 0.15) is 0 Å². The molecule has 2 heteroatoms. The Kier molecular flexibility index (Phi) is 2.83. The zero-order chi connectivity index (χ0) is 10.9. The third-order valence-corrected chi connectivity index (χ3v) is 3.59. The molecule has 0 aromatic heterocycles. The van der Waals surface area contributed by atoms with Crippen LogP contribution in [-0.4, -0.2) is 11.7 Å². The van der Waals surface area contributed by atoms with E-state index in [4.69, 9.17) is 11.6 Å². The SMILES string of the molecule is CC1(CCCl)CCc2ccccc2C1=O. The lowest BCUT2D eigenvalue weighted by Crippen LogP contribution is -2.33. The molecule has 80 valence electrons. The molecule has 0 saturated carbocycles. The number of alkyl halides is 1. The lowest BCUT2D eigenvalue weighted by Gasteiger charge is -2.32. The number of carbonyl (C=O) groups is 1. The summed E-state index contributed by atoms with van der Waals surface area (Å²) in [5.74, 6) is 0.828. The molecule has 0 N–H and O–H groups in total. The van der Waals surface area contributed by atoms with Crippen LogP contribution in [0.5, 0.6) is 0 Å². The number of hydrogen-bond donors (Lipinski definition) is 0. The van der Waals surface area contributed by atoms with Gasteiger partial charge in [-0.2, -0.15) is 0 Å². The Bertz CT molecular complexity index is 386. The third-order valence-electron chi connectivity index (χ3n) is 3.40. The molecule has 0 saturated heterocycles. The van der Waals surface area contributed by atoms with Crippen LogP contribution in [-0.2, 0) is 6.42 Å². The van der Waals surface area contributed by atoms with E-state index in [1.165, 1.54) is 5.56 Å². The second-order valence-corrected chi connectivity index (χ2v) is 4.86. The maximum absolute atomic E-state index is 12.3. The van der Waals surface area contributed by atoms with Gasteiger partial charge in [0.2, 0.25) is 0 Å². The molecule has 2 rings (SSSR count). The Hall–Kier alpha value is -0.820. The quantitative estimate of drug-likeness (QED) is 0.701. The summed E-state index contributed by atoms with van der Waals surface area (Å²) in [7, 11) is 0. The molecule has 15 heavy (non-hydrogen) atoms. The number of halogens is 1. The van der Waals surface area contributed by atoms with Crippen molar-refractivity contribution in [3.05, 3.63) is 35.4 Å². The molecule has 0 aliphatic heterocycles. The number of Topliss-reactive ketones (excluding diaryl/α,β-unsaturated/α-hetero) is 1. The summed E-state index contributed by atoms with van der Waals surface area (Å²) in [6.45, 7) is 2.04. The van der Waals surface area contributed by atoms with Crippen LogP contribution in [0.4, 0.5) is 0 Å². The number of rotatable bonds is 2. The normalized spacial score (nSPS) is 25.1. The van der Waals surface area contributed by atoms with Gasteiger partial charge in [0.15, 0.2) is 5.78 Å².